The third-order valence-electron chi connectivity index (χ3n) is 6.80. The van der Waals surface area contributed by atoms with E-state index in [1.807, 2.05) is 6.07 Å². The average Bonchev–Trinajstić information content (AvgIpc) is 2.70. The molecule has 4 bridgehead atoms. The van der Waals surface area contributed by atoms with Crippen LogP contribution in [0.4, 0.5) is 0 Å². The zero-order chi connectivity index (χ0) is 20.4. The zero-order valence-corrected chi connectivity index (χ0v) is 16.9. The fourth-order valence-electron chi connectivity index (χ4n) is 5.96. The van der Waals surface area contributed by atoms with Gasteiger partial charge in [0.05, 0.1) is 11.6 Å². The zero-order valence-electron chi connectivity index (χ0n) is 16.9. The number of carbonyl (C=O) groups is 2. The molecule has 1 atom stereocenters. The van der Waals surface area contributed by atoms with Gasteiger partial charge in [-0.15, -0.1) is 0 Å². The van der Waals surface area contributed by atoms with Crippen LogP contribution in [0.15, 0.2) is 24.3 Å². The van der Waals surface area contributed by atoms with E-state index in [9.17, 15) is 9.59 Å². The quantitative estimate of drug-likeness (QED) is 0.715. The Morgan fingerprint density at radius 1 is 1.14 bits per heavy atom. The first-order valence-corrected chi connectivity index (χ1v) is 10.5. The molecular weight excluding hydrogens is 368 g/mol. The minimum atomic E-state index is -0.834. The summed E-state index contributed by atoms with van der Waals surface area (Å²) in [6.07, 6.45) is 6.99. The summed E-state index contributed by atoms with van der Waals surface area (Å²) < 4.78 is 10.6. The van der Waals surface area contributed by atoms with Crippen LogP contribution in [0.2, 0.25) is 0 Å². The Hall–Kier alpha value is -2.55. The Morgan fingerprint density at radius 2 is 1.72 bits per heavy atom. The summed E-state index contributed by atoms with van der Waals surface area (Å²) in [6.45, 7) is 1.99. The van der Waals surface area contributed by atoms with E-state index in [2.05, 4.69) is 5.32 Å². The molecule has 1 aromatic carbocycles. The second-order valence-corrected chi connectivity index (χ2v) is 9.20. The smallest absolute Gasteiger partial charge is 0.347 e. The number of amides is 1. The average molecular weight is 396 g/mol. The van der Waals surface area contributed by atoms with Crippen LogP contribution in [0, 0.1) is 34.5 Å². The molecule has 1 N–H and O–H groups in total. The highest BCUT2D eigenvalue weighted by atomic mass is 16.6. The molecule has 4 aliphatic carbocycles. The van der Waals surface area contributed by atoms with Crippen LogP contribution in [0.1, 0.15) is 51.0 Å². The molecule has 0 aromatic heterocycles. The molecule has 0 unspecified atom stereocenters. The van der Waals surface area contributed by atoms with Crippen molar-refractivity contribution in [3.05, 3.63) is 29.8 Å². The van der Waals surface area contributed by atoms with Crippen molar-refractivity contribution in [3.8, 4) is 11.8 Å². The Labute approximate surface area is 171 Å². The lowest BCUT2D eigenvalue weighted by Gasteiger charge is -2.56. The fraction of sp³-hybridized carbons (Fsp3) is 0.609. The first-order chi connectivity index (χ1) is 13.9. The molecule has 0 spiro atoms. The molecule has 29 heavy (non-hydrogen) atoms. The van der Waals surface area contributed by atoms with Crippen LogP contribution in [0.3, 0.4) is 0 Å². The van der Waals surface area contributed by atoms with E-state index in [0.717, 1.165) is 17.8 Å². The first kappa shape index (κ1) is 19.8. The molecule has 1 aromatic rings. The molecule has 5 rings (SSSR count). The van der Waals surface area contributed by atoms with E-state index < -0.39 is 12.1 Å². The van der Waals surface area contributed by atoms with Crippen molar-refractivity contribution in [2.45, 2.75) is 51.6 Å². The van der Waals surface area contributed by atoms with Gasteiger partial charge in [-0.1, -0.05) is 0 Å². The van der Waals surface area contributed by atoms with Gasteiger partial charge in [-0.2, -0.15) is 5.26 Å². The van der Waals surface area contributed by atoms with Crippen molar-refractivity contribution >= 4 is 11.9 Å². The second kappa shape index (κ2) is 8.06. The van der Waals surface area contributed by atoms with Gasteiger partial charge in [0.2, 0.25) is 0 Å². The topological polar surface area (TPSA) is 88.4 Å². The van der Waals surface area contributed by atoms with E-state index in [1.54, 1.807) is 31.2 Å². The molecular formula is C23H28N2O4. The number of benzene rings is 1. The minimum absolute atomic E-state index is 0.250. The van der Waals surface area contributed by atoms with Gasteiger partial charge in [0, 0.05) is 6.54 Å². The molecule has 6 nitrogen and oxygen atoms in total. The maximum absolute atomic E-state index is 12.2. The normalized spacial score (nSPS) is 30.3. The predicted molar refractivity (Wildman–Crippen MR) is 106 cm³/mol. The Balaban J connectivity index is 1.20. The highest BCUT2D eigenvalue weighted by Crippen LogP contribution is 2.59. The van der Waals surface area contributed by atoms with Crippen LogP contribution in [-0.2, 0) is 14.3 Å². The maximum Gasteiger partial charge on any atom is 0.347 e. The van der Waals surface area contributed by atoms with Crippen LogP contribution < -0.4 is 10.1 Å². The number of nitrogens with one attached hydrogen (secondary N) is 1. The number of carbonyl (C=O) groups excluding carboxylic acids is 2. The van der Waals surface area contributed by atoms with Gasteiger partial charge in [0.15, 0.2) is 12.7 Å². The number of hydrogen-bond acceptors (Lipinski definition) is 5. The van der Waals surface area contributed by atoms with Gasteiger partial charge in [-0.3, -0.25) is 4.79 Å². The lowest BCUT2D eigenvalue weighted by atomic mass is 9.49. The van der Waals surface area contributed by atoms with Gasteiger partial charge >= 0.3 is 5.97 Å². The van der Waals surface area contributed by atoms with Gasteiger partial charge in [0.25, 0.3) is 5.91 Å². The third-order valence-corrected chi connectivity index (χ3v) is 6.80. The summed E-state index contributed by atoms with van der Waals surface area (Å²) >= 11 is 0. The monoisotopic (exact) mass is 396 g/mol. The lowest BCUT2D eigenvalue weighted by Crippen LogP contribution is -2.51. The van der Waals surface area contributed by atoms with E-state index in [1.165, 1.54) is 38.5 Å². The number of nitriles is 1. The van der Waals surface area contributed by atoms with Crippen LogP contribution in [0.25, 0.3) is 0 Å². The van der Waals surface area contributed by atoms with Gasteiger partial charge in [0.1, 0.15) is 5.75 Å². The maximum atomic E-state index is 12.2. The number of esters is 1. The standard InChI is InChI=1S/C23H28N2O4/c1-15(29-20-4-2-16(12-24)3-5-20)22(27)28-13-21(26)25-14-23-9-17-6-18(10-23)8-19(7-17)11-23/h2-5,15,17-19H,6-11,13-14H2,1H3,(H,25,26)/t15-,17?,18?,19?,23?/m1/s1. The summed E-state index contributed by atoms with van der Waals surface area (Å²) in [7, 11) is 0. The highest BCUT2D eigenvalue weighted by molar-refractivity contribution is 5.82. The molecule has 1 amide bonds. The highest BCUT2D eigenvalue weighted by Gasteiger charge is 2.50. The molecule has 154 valence electrons. The minimum Gasteiger partial charge on any atom is -0.479 e. The van der Waals surface area contributed by atoms with E-state index in [4.69, 9.17) is 14.7 Å². The molecule has 4 saturated carbocycles. The molecule has 4 fully saturated rings. The van der Waals surface area contributed by atoms with Crippen molar-refractivity contribution in [2.24, 2.45) is 23.2 Å². The van der Waals surface area contributed by atoms with Crippen LogP contribution in [-0.4, -0.2) is 31.1 Å². The SMILES string of the molecule is C[C@@H](Oc1ccc(C#N)cc1)C(=O)OCC(=O)NCC12CC3CC(CC(C3)C1)C2. The predicted octanol–water partition coefficient (Wildman–Crippen LogP) is 3.20. The molecule has 0 radical (unpaired) electrons. The number of rotatable bonds is 7. The van der Waals surface area contributed by atoms with Crippen molar-refractivity contribution in [1.29, 1.82) is 5.26 Å². The van der Waals surface area contributed by atoms with Crippen molar-refractivity contribution in [1.82, 2.24) is 5.32 Å². The van der Waals surface area contributed by atoms with Gasteiger partial charge in [-0.25, -0.2) is 4.79 Å². The van der Waals surface area contributed by atoms with Crippen LogP contribution >= 0.6 is 0 Å². The summed E-state index contributed by atoms with van der Waals surface area (Å²) in [6, 6.07) is 8.51. The van der Waals surface area contributed by atoms with E-state index in [-0.39, 0.29) is 17.9 Å². The number of nitrogens with zero attached hydrogens (tertiary/aromatic N) is 1. The summed E-state index contributed by atoms with van der Waals surface area (Å²) in [5, 5.41) is 11.8. The Bertz CT molecular complexity index is 776. The molecule has 4 aliphatic rings. The molecule has 0 saturated heterocycles. The summed E-state index contributed by atoms with van der Waals surface area (Å²) in [5.41, 5.74) is 0.781. The number of hydrogen-bond donors (Lipinski definition) is 1. The lowest BCUT2D eigenvalue weighted by molar-refractivity contribution is -0.155. The van der Waals surface area contributed by atoms with Gasteiger partial charge in [-0.05, 0) is 92.9 Å². The largest absolute Gasteiger partial charge is 0.479 e. The van der Waals surface area contributed by atoms with Crippen molar-refractivity contribution < 1.29 is 19.1 Å². The van der Waals surface area contributed by atoms with Gasteiger partial charge < -0.3 is 14.8 Å². The Morgan fingerprint density at radius 3 is 2.28 bits per heavy atom. The summed E-state index contributed by atoms with van der Waals surface area (Å²) in [4.78, 5) is 24.4. The van der Waals surface area contributed by atoms with E-state index in [0.29, 0.717) is 17.9 Å². The van der Waals surface area contributed by atoms with Crippen molar-refractivity contribution in [3.63, 3.8) is 0 Å². The van der Waals surface area contributed by atoms with Crippen molar-refractivity contribution in [2.75, 3.05) is 13.2 Å². The van der Waals surface area contributed by atoms with E-state index >= 15 is 0 Å². The fourth-order valence-corrected chi connectivity index (χ4v) is 5.96. The second-order valence-electron chi connectivity index (χ2n) is 9.20. The summed E-state index contributed by atoms with van der Waals surface area (Å²) in [5.74, 6) is 2.17. The first-order valence-electron chi connectivity index (χ1n) is 10.5. The molecule has 6 heteroatoms. The molecule has 0 heterocycles. The number of ether oxygens (including phenoxy) is 2. The Kier molecular flexibility index (Phi) is 5.49. The molecule has 0 aliphatic heterocycles. The third kappa shape index (κ3) is 4.55. The van der Waals surface area contributed by atoms with Crippen LogP contribution in [0.5, 0.6) is 5.75 Å².